The molecule has 1 saturated heterocycles. The van der Waals surface area contributed by atoms with Gasteiger partial charge in [0, 0.05) is 35.6 Å². The number of nitrogens with zero attached hydrogens (tertiary/aromatic N) is 2. The number of methoxy groups -OCH3 is 2. The number of anilines is 3. The van der Waals surface area contributed by atoms with Crippen molar-refractivity contribution in [1.82, 2.24) is 0 Å². The summed E-state index contributed by atoms with van der Waals surface area (Å²) in [6, 6.07) is 18.1. The summed E-state index contributed by atoms with van der Waals surface area (Å²) in [5.41, 5.74) is 1.99. The minimum atomic E-state index is -4.14. The molecule has 0 spiro atoms. The molecule has 1 heterocycles. The Kier molecular flexibility index (Phi) is 7.91. The quantitative estimate of drug-likeness (QED) is 0.429. The summed E-state index contributed by atoms with van der Waals surface area (Å²) < 4.78 is 38.9. The predicted molar refractivity (Wildman–Crippen MR) is 142 cm³/mol. The van der Waals surface area contributed by atoms with Gasteiger partial charge in [-0.1, -0.05) is 11.6 Å². The molecule has 0 aromatic heterocycles. The van der Waals surface area contributed by atoms with Gasteiger partial charge in [-0.2, -0.15) is 0 Å². The summed E-state index contributed by atoms with van der Waals surface area (Å²) in [7, 11) is -1.25. The highest BCUT2D eigenvalue weighted by Crippen LogP contribution is 2.32. The third-order valence-corrected chi connectivity index (χ3v) is 7.99. The second-order valence-corrected chi connectivity index (χ2v) is 10.6. The Labute approximate surface area is 216 Å². The summed E-state index contributed by atoms with van der Waals surface area (Å²) in [5, 5.41) is 3.25. The Balaban J connectivity index is 1.59. The molecule has 1 aliphatic heterocycles. The number of hydrogen-bond donors (Lipinski definition) is 1. The predicted octanol–water partition coefficient (Wildman–Crippen LogP) is 4.79. The van der Waals surface area contributed by atoms with E-state index in [-0.39, 0.29) is 10.6 Å². The molecule has 0 aliphatic carbocycles. The van der Waals surface area contributed by atoms with Crippen LogP contribution in [0.4, 0.5) is 17.1 Å². The number of halogens is 1. The summed E-state index contributed by atoms with van der Waals surface area (Å²) in [6.07, 6.45) is 2.35. The van der Waals surface area contributed by atoms with Gasteiger partial charge in [0.05, 0.1) is 24.8 Å². The normalized spacial score (nSPS) is 13.4. The monoisotopic (exact) mass is 529 g/mol. The van der Waals surface area contributed by atoms with Crippen LogP contribution >= 0.6 is 11.6 Å². The molecule has 190 valence electrons. The van der Waals surface area contributed by atoms with Gasteiger partial charge >= 0.3 is 0 Å². The van der Waals surface area contributed by atoms with Crippen LogP contribution in [0.3, 0.4) is 0 Å². The SMILES string of the molecule is COc1ccc(S(=O)(=O)N(CC(=O)Nc2ccc(N3CCCC3)cc2)c2ccc(Cl)cc2)cc1OC. The molecule has 4 rings (SSSR count). The molecule has 1 N–H and O–H groups in total. The zero-order chi connectivity index (χ0) is 25.7. The van der Waals surface area contributed by atoms with Gasteiger partial charge in [0.2, 0.25) is 5.91 Å². The van der Waals surface area contributed by atoms with E-state index in [1.807, 2.05) is 24.3 Å². The zero-order valence-electron chi connectivity index (χ0n) is 20.1. The molecule has 1 fully saturated rings. The smallest absolute Gasteiger partial charge is 0.264 e. The van der Waals surface area contributed by atoms with Crippen LogP contribution in [0.5, 0.6) is 11.5 Å². The Morgan fingerprint density at radius 1 is 0.944 bits per heavy atom. The molecule has 1 aliphatic rings. The molecule has 0 bridgehead atoms. The zero-order valence-corrected chi connectivity index (χ0v) is 21.7. The van der Waals surface area contributed by atoms with Crippen molar-refractivity contribution in [2.24, 2.45) is 0 Å². The molecule has 10 heteroatoms. The maximum atomic E-state index is 13.7. The van der Waals surface area contributed by atoms with Gasteiger partial charge in [-0.25, -0.2) is 8.42 Å². The molecule has 0 unspecified atom stereocenters. The number of rotatable bonds is 9. The lowest BCUT2D eigenvalue weighted by molar-refractivity contribution is -0.114. The summed E-state index contributed by atoms with van der Waals surface area (Å²) >= 11 is 6.01. The molecule has 3 aromatic rings. The molecule has 0 saturated carbocycles. The van der Waals surface area contributed by atoms with Crippen molar-refractivity contribution in [3.8, 4) is 11.5 Å². The molecule has 0 radical (unpaired) electrons. The van der Waals surface area contributed by atoms with E-state index < -0.39 is 22.5 Å². The molecular weight excluding hydrogens is 502 g/mol. The summed E-state index contributed by atoms with van der Waals surface area (Å²) in [4.78, 5) is 15.3. The molecular formula is C26H28ClN3O5S. The Hall–Kier alpha value is -3.43. The lowest BCUT2D eigenvalue weighted by Crippen LogP contribution is -2.38. The number of carbonyl (C=O) groups is 1. The number of benzene rings is 3. The maximum Gasteiger partial charge on any atom is 0.264 e. The van der Waals surface area contributed by atoms with E-state index in [1.54, 1.807) is 24.3 Å². The van der Waals surface area contributed by atoms with Gasteiger partial charge < -0.3 is 19.7 Å². The molecule has 8 nitrogen and oxygen atoms in total. The van der Waals surface area contributed by atoms with Crippen LogP contribution in [-0.2, 0) is 14.8 Å². The van der Waals surface area contributed by atoms with Crippen LogP contribution in [0.2, 0.25) is 5.02 Å². The number of hydrogen-bond acceptors (Lipinski definition) is 6. The first-order valence-electron chi connectivity index (χ1n) is 11.5. The summed E-state index contributed by atoms with van der Waals surface area (Å²) in [5.74, 6) is 0.171. The van der Waals surface area contributed by atoms with Gasteiger partial charge in [-0.05, 0) is 73.5 Å². The van der Waals surface area contributed by atoms with Gasteiger partial charge in [-0.15, -0.1) is 0 Å². The topological polar surface area (TPSA) is 88.2 Å². The average Bonchev–Trinajstić information content (AvgIpc) is 3.43. The van der Waals surface area contributed by atoms with Crippen LogP contribution in [0.1, 0.15) is 12.8 Å². The van der Waals surface area contributed by atoms with Crippen molar-refractivity contribution < 1.29 is 22.7 Å². The molecule has 3 aromatic carbocycles. The summed E-state index contributed by atoms with van der Waals surface area (Å²) in [6.45, 7) is 1.61. The van der Waals surface area contributed by atoms with Crippen molar-refractivity contribution in [3.63, 3.8) is 0 Å². The third kappa shape index (κ3) is 5.68. The van der Waals surface area contributed by atoms with Crippen LogP contribution in [0.25, 0.3) is 0 Å². The van der Waals surface area contributed by atoms with Crippen molar-refractivity contribution in [2.45, 2.75) is 17.7 Å². The van der Waals surface area contributed by atoms with Crippen LogP contribution in [0, 0.1) is 0 Å². The first kappa shape index (κ1) is 25.7. The van der Waals surface area contributed by atoms with Crippen molar-refractivity contribution in [3.05, 3.63) is 71.8 Å². The highest BCUT2D eigenvalue weighted by atomic mass is 35.5. The second-order valence-electron chi connectivity index (χ2n) is 8.29. The van der Waals surface area contributed by atoms with E-state index in [9.17, 15) is 13.2 Å². The largest absolute Gasteiger partial charge is 0.493 e. The fraction of sp³-hybridized carbons (Fsp3) is 0.269. The lowest BCUT2D eigenvalue weighted by Gasteiger charge is -2.24. The molecule has 1 amide bonds. The van der Waals surface area contributed by atoms with Crippen LogP contribution in [0.15, 0.2) is 71.6 Å². The average molecular weight is 530 g/mol. The minimum absolute atomic E-state index is 0.0436. The fourth-order valence-corrected chi connectivity index (χ4v) is 5.65. The highest BCUT2D eigenvalue weighted by molar-refractivity contribution is 7.92. The van der Waals surface area contributed by atoms with Crippen molar-refractivity contribution in [2.75, 3.05) is 48.4 Å². The van der Waals surface area contributed by atoms with Crippen molar-refractivity contribution >= 4 is 44.6 Å². The van der Waals surface area contributed by atoms with E-state index in [1.165, 1.54) is 45.3 Å². The first-order valence-corrected chi connectivity index (χ1v) is 13.3. The lowest BCUT2D eigenvalue weighted by atomic mass is 10.2. The van der Waals surface area contributed by atoms with E-state index in [0.717, 1.165) is 23.1 Å². The third-order valence-electron chi connectivity index (χ3n) is 5.97. The Bertz CT molecular complexity index is 1310. The number of carbonyl (C=O) groups excluding carboxylic acids is 1. The van der Waals surface area contributed by atoms with Gasteiger partial charge in [0.15, 0.2) is 11.5 Å². The van der Waals surface area contributed by atoms with E-state index in [2.05, 4.69) is 10.2 Å². The van der Waals surface area contributed by atoms with Gasteiger partial charge in [0.25, 0.3) is 10.0 Å². The van der Waals surface area contributed by atoms with Crippen molar-refractivity contribution in [1.29, 1.82) is 0 Å². The van der Waals surface area contributed by atoms with E-state index in [0.29, 0.717) is 22.1 Å². The van der Waals surface area contributed by atoms with Crippen LogP contribution < -0.4 is 24.0 Å². The number of sulfonamides is 1. The van der Waals surface area contributed by atoms with Gasteiger partial charge in [0.1, 0.15) is 6.54 Å². The minimum Gasteiger partial charge on any atom is -0.493 e. The second kappa shape index (κ2) is 11.1. The Morgan fingerprint density at radius 2 is 1.58 bits per heavy atom. The first-order chi connectivity index (χ1) is 17.3. The van der Waals surface area contributed by atoms with Gasteiger partial charge in [-0.3, -0.25) is 9.10 Å². The maximum absolute atomic E-state index is 13.7. The number of ether oxygens (including phenoxy) is 2. The fourth-order valence-electron chi connectivity index (χ4n) is 4.09. The Morgan fingerprint density at radius 3 is 2.19 bits per heavy atom. The van der Waals surface area contributed by atoms with E-state index >= 15 is 0 Å². The standard InChI is InChI=1S/C26H28ClN3O5S/c1-34-24-14-13-23(17-25(24)35-2)36(32,33)30(22-9-5-19(27)6-10-22)18-26(31)28-20-7-11-21(12-8-20)29-15-3-4-16-29/h5-14,17H,3-4,15-16,18H2,1-2H3,(H,28,31). The van der Waals surface area contributed by atoms with E-state index in [4.69, 9.17) is 21.1 Å². The molecule has 36 heavy (non-hydrogen) atoms. The van der Waals surface area contributed by atoms with Crippen LogP contribution in [-0.4, -0.2) is 48.2 Å². The number of nitrogens with one attached hydrogen (secondary N) is 1. The molecule has 0 atom stereocenters. The highest BCUT2D eigenvalue weighted by Gasteiger charge is 2.28. The number of amides is 1.